The SMILES string of the molecule is CC(C(=O)NC1CCCCC1)N1CCCN(S(=O)(=O)c2ccc(F)cc2)CC1. The third kappa shape index (κ3) is 5.10. The molecule has 1 atom stereocenters. The fourth-order valence-corrected chi connectivity index (χ4v) is 5.50. The van der Waals surface area contributed by atoms with E-state index >= 15 is 0 Å². The summed E-state index contributed by atoms with van der Waals surface area (Å²) in [6, 6.07) is 4.91. The molecule has 2 aliphatic rings. The molecule has 1 heterocycles. The monoisotopic (exact) mass is 411 g/mol. The number of hydrogen-bond acceptors (Lipinski definition) is 4. The van der Waals surface area contributed by atoms with Gasteiger partial charge in [0.15, 0.2) is 0 Å². The fraction of sp³-hybridized carbons (Fsp3) is 0.650. The van der Waals surface area contributed by atoms with Gasteiger partial charge in [-0.1, -0.05) is 19.3 Å². The summed E-state index contributed by atoms with van der Waals surface area (Å²) in [5.74, 6) is -0.430. The van der Waals surface area contributed by atoms with Crippen LogP contribution >= 0.6 is 0 Å². The molecule has 0 radical (unpaired) electrons. The summed E-state index contributed by atoms with van der Waals surface area (Å²) in [5, 5.41) is 3.16. The van der Waals surface area contributed by atoms with Gasteiger partial charge in [0.2, 0.25) is 15.9 Å². The summed E-state index contributed by atoms with van der Waals surface area (Å²) in [5.41, 5.74) is 0. The topological polar surface area (TPSA) is 69.7 Å². The van der Waals surface area contributed by atoms with Crippen LogP contribution in [0.1, 0.15) is 45.4 Å². The zero-order chi connectivity index (χ0) is 20.1. The van der Waals surface area contributed by atoms with E-state index in [1.54, 1.807) is 0 Å². The number of nitrogens with one attached hydrogen (secondary N) is 1. The zero-order valence-corrected chi connectivity index (χ0v) is 17.3. The van der Waals surface area contributed by atoms with Crippen molar-refractivity contribution in [1.29, 1.82) is 0 Å². The van der Waals surface area contributed by atoms with Gasteiger partial charge in [-0.05, 0) is 50.5 Å². The van der Waals surface area contributed by atoms with Gasteiger partial charge in [0, 0.05) is 32.2 Å². The number of halogens is 1. The number of amides is 1. The molecule has 1 unspecified atom stereocenters. The molecule has 1 amide bonds. The molecule has 1 aromatic carbocycles. The molecule has 1 aliphatic heterocycles. The molecule has 2 fully saturated rings. The first kappa shape index (κ1) is 21.2. The zero-order valence-electron chi connectivity index (χ0n) is 16.4. The molecule has 3 rings (SSSR count). The Morgan fingerprint density at radius 2 is 1.71 bits per heavy atom. The van der Waals surface area contributed by atoms with Crippen molar-refractivity contribution in [3.8, 4) is 0 Å². The Balaban J connectivity index is 1.59. The number of rotatable bonds is 5. The number of carbonyl (C=O) groups is 1. The van der Waals surface area contributed by atoms with E-state index in [1.165, 1.54) is 35.7 Å². The van der Waals surface area contributed by atoms with E-state index in [0.29, 0.717) is 32.6 Å². The molecular weight excluding hydrogens is 381 g/mol. The number of hydrogen-bond donors (Lipinski definition) is 1. The van der Waals surface area contributed by atoms with Gasteiger partial charge >= 0.3 is 0 Å². The van der Waals surface area contributed by atoms with E-state index in [2.05, 4.69) is 10.2 Å². The van der Waals surface area contributed by atoms with Crippen LogP contribution in [0.15, 0.2) is 29.2 Å². The number of carbonyl (C=O) groups excluding carboxylic acids is 1. The summed E-state index contributed by atoms with van der Waals surface area (Å²) in [6.45, 7) is 3.78. The van der Waals surface area contributed by atoms with Gasteiger partial charge in [-0.25, -0.2) is 12.8 Å². The second-order valence-electron chi connectivity index (χ2n) is 7.77. The van der Waals surface area contributed by atoms with E-state index in [0.717, 1.165) is 25.0 Å². The minimum atomic E-state index is -3.65. The first-order valence-electron chi connectivity index (χ1n) is 10.2. The molecule has 1 N–H and O–H groups in total. The molecule has 28 heavy (non-hydrogen) atoms. The second kappa shape index (κ2) is 9.33. The third-order valence-corrected chi connectivity index (χ3v) is 7.73. The van der Waals surface area contributed by atoms with E-state index in [1.807, 2.05) is 6.92 Å². The summed E-state index contributed by atoms with van der Waals surface area (Å²) >= 11 is 0. The van der Waals surface area contributed by atoms with Crippen LogP contribution in [0, 0.1) is 5.82 Å². The highest BCUT2D eigenvalue weighted by atomic mass is 32.2. The molecular formula is C20H30FN3O3S. The average Bonchev–Trinajstić information content (AvgIpc) is 2.95. The molecule has 156 valence electrons. The minimum absolute atomic E-state index is 0.0294. The van der Waals surface area contributed by atoms with Crippen molar-refractivity contribution >= 4 is 15.9 Å². The highest BCUT2D eigenvalue weighted by Gasteiger charge is 2.30. The van der Waals surface area contributed by atoms with E-state index in [9.17, 15) is 17.6 Å². The molecule has 1 saturated heterocycles. The highest BCUT2D eigenvalue weighted by Crippen LogP contribution is 2.20. The maximum Gasteiger partial charge on any atom is 0.243 e. The van der Waals surface area contributed by atoms with Gasteiger partial charge in [0.1, 0.15) is 5.82 Å². The lowest BCUT2D eigenvalue weighted by Crippen LogP contribution is -2.49. The van der Waals surface area contributed by atoms with Crippen LogP contribution in [0.2, 0.25) is 0 Å². The normalized spacial score (nSPS) is 21.8. The number of nitrogens with zero attached hydrogens (tertiary/aromatic N) is 2. The lowest BCUT2D eigenvalue weighted by molar-refractivity contribution is -0.126. The first-order chi connectivity index (χ1) is 13.4. The van der Waals surface area contributed by atoms with Crippen molar-refractivity contribution in [3.05, 3.63) is 30.1 Å². The quantitative estimate of drug-likeness (QED) is 0.808. The maximum absolute atomic E-state index is 13.1. The molecule has 6 nitrogen and oxygen atoms in total. The van der Waals surface area contributed by atoms with Crippen molar-refractivity contribution in [1.82, 2.24) is 14.5 Å². The van der Waals surface area contributed by atoms with Gasteiger partial charge in [0.25, 0.3) is 0 Å². The summed E-state index contributed by atoms with van der Waals surface area (Å²) < 4.78 is 40.2. The largest absolute Gasteiger partial charge is 0.352 e. The molecule has 0 aromatic heterocycles. The molecule has 8 heteroatoms. The fourth-order valence-electron chi connectivity index (χ4n) is 4.03. The van der Waals surface area contributed by atoms with Crippen LogP contribution in [-0.4, -0.2) is 61.8 Å². The predicted molar refractivity (Wildman–Crippen MR) is 106 cm³/mol. The van der Waals surface area contributed by atoms with Crippen molar-refractivity contribution in [2.75, 3.05) is 26.2 Å². The van der Waals surface area contributed by atoms with Crippen LogP contribution in [0.5, 0.6) is 0 Å². The molecule has 0 spiro atoms. The molecule has 1 aromatic rings. The standard InChI is InChI=1S/C20H30FN3O3S/c1-16(20(25)22-18-6-3-2-4-7-18)23-12-5-13-24(15-14-23)28(26,27)19-10-8-17(21)9-11-19/h8-11,16,18H,2-7,12-15H2,1H3,(H,22,25). The Bertz CT molecular complexity index is 763. The predicted octanol–water partition coefficient (Wildman–Crippen LogP) is 2.36. The van der Waals surface area contributed by atoms with Gasteiger partial charge in [-0.2, -0.15) is 4.31 Å². The Morgan fingerprint density at radius 3 is 2.39 bits per heavy atom. The summed E-state index contributed by atoms with van der Waals surface area (Å²) in [6.07, 6.45) is 6.32. The van der Waals surface area contributed by atoms with Crippen LogP contribution in [0.25, 0.3) is 0 Å². The Morgan fingerprint density at radius 1 is 1.04 bits per heavy atom. The first-order valence-corrected chi connectivity index (χ1v) is 11.6. The van der Waals surface area contributed by atoms with Gasteiger partial charge in [-0.3, -0.25) is 9.69 Å². The van der Waals surface area contributed by atoms with E-state index in [-0.39, 0.29) is 22.9 Å². The smallest absolute Gasteiger partial charge is 0.243 e. The molecule has 0 bridgehead atoms. The van der Waals surface area contributed by atoms with Gasteiger partial charge in [0.05, 0.1) is 10.9 Å². The van der Waals surface area contributed by atoms with Crippen molar-refractivity contribution in [3.63, 3.8) is 0 Å². The van der Waals surface area contributed by atoms with E-state index in [4.69, 9.17) is 0 Å². The molecule has 1 aliphatic carbocycles. The van der Waals surface area contributed by atoms with Crippen molar-refractivity contribution in [2.45, 2.75) is 62.4 Å². The van der Waals surface area contributed by atoms with Crippen molar-refractivity contribution < 1.29 is 17.6 Å². The van der Waals surface area contributed by atoms with Gasteiger partial charge in [-0.15, -0.1) is 0 Å². The van der Waals surface area contributed by atoms with Crippen molar-refractivity contribution in [2.24, 2.45) is 0 Å². The molecule has 1 saturated carbocycles. The Labute approximate surface area is 167 Å². The second-order valence-corrected chi connectivity index (χ2v) is 9.70. The Kier molecular flexibility index (Phi) is 7.06. The maximum atomic E-state index is 13.1. The third-order valence-electron chi connectivity index (χ3n) is 5.82. The Hall–Kier alpha value is -1.51. The van der Waals surface area contributed by atoms with Crippen LogP contribution < -0.4 is 5.32 Å². The number of sulfonamides is 1. The summed E-state index contributed by atoms with van der Waals surface area (Å²) in [4.78, 5) is 14.8. The van der Waals surface area contributed by atoms with Crippen LogP contribution in [0.4, 0.5) is 4.39 Å². The number of benzene rings is 1. The van der Waals surface area contributed by atoms with E-state index < -0.39 is 15.8 Å². The average molecular weight is 412 g/mol. The lowest BCUT2D eigenvalue weighted by Gasteiger charge is -2.30. The van der Waals surface area contributed by atoms with Crippen LogP contribution in [0.3, 0.4) is 0 Å². The van der Waals surface area contributed by atoms with Crippen LogP contribution in [-0.2, 0) is 14.8 Å². The lowest BCUT2D eigenvalue weighted by atomic mass is 9.95. The minimum Gasteiger partial charge on any atom is -0.352 e. The highest BCUT2D eigenvalue weighted by molar-refractivity contribution is 7.89. The summed E-state index contributed by atoms with van der Waals surface area (Å²) in [7, 11) is -3.65. The van der Waals surface area contributed by atoms with Gasteiger partial charge < -0.3 is 5.32 Å².